The summed E-state index contributed by atoms with van der Waals surface area (Å²) in [6.45, 7) is 0. The minimum absolute atomic E-state index is 0.0538. The molecule has 0 bridgehead atoms. The third kappa shape index (κ3) is 6.04. The van der Waals surface area contributed by atoms with Crippen molar-refractivity contribution in [2.75, 3.05) is 0 Å². The Kier molecular flexibility index (Phi) is 6.68. The van der Waals surface area contributed by atoms with Crippen molar-refractivity contribution in [3.05, 3.63) is 99.6 Å². The second-order valence-corrected chi connectivity index (χ2v) is 7.19. The standard InChI is InChI=1S/C22H13ClF6N2O2/c23-17-5-1-12(2-6-17)19(13-3-7-18(32)8-4-13)30-31-20(33)14-9-15(21(24,25)26)11-16(10-14)22(27,28)29/h1-11,32H,(H,31,33)/b30-19-. The predicted octanol–water partition coefficient (Wildman–Crippen LogP) is 6.27. The number of nitrogens with one attached hydrogen (secondary N) is 1. The molecule has 0 spiro atoms. The van der Waals surface area contributed by atoms with Crippen molar-refractivity contribution < 1.29 is 36.2 Å². The number of phenolic OH excluding ortho intramolecular Hbond substituents is 1. The fraction of sp³-hybridized carbons (Fsp3) is 0.0909. The number of hydrogen-bond donors (Lipinski definition) is 2. The summed E-state index contributed by atoms with van der Waals surface area (Å²) in [4.78, 5) is 12.5. The fourth-order valence-electron chi connectivity index (χ4n) is 2.78. The van der Waals surface area contributed by atoms with E-state index in [1.165, 1.54) is 36.4 Å². The number of alkyl halides is 6. The molecule has 0 aliphatic rings. The van der Waals surface area contributed by atoms with Crippen LogP contribution in [0.15, 0.2) is 71.8 Å². The van der Waals surface area contributed by atoms with Gasteiger partial charge < -0.3 is 5.11 Å². The molecular formula is C22H13ClF6N2O2. The summed E-state index contributed by atoms with van der Waals surface area (Å²) in [7, 11) is 0. The number of aromatic hydroxyl groups is 1. The lowest BCUT2D eigenvalue weighted by Crippen LogP contribution is -2.22. The summed E-state index contributed by atoms with van der Waals surface area (Å²) in [6.07, 6.45) is -10.2. The summed E-state index contributed by atoms with van der Waals surface area (Å²) in [5, 5.41) is 13.8. The van der Waals surface area contributed by atoms with Crippen LogP contribution in [-0.2, 0) is 12.4 Å². The molecule has 0 fully saturated rings. The van der Waals surface area contributed by atoms with E-state index in [4.69, 9.17) is 11.6 Å². The molecule has 0 aliphatic carbocycles. The Morgan fingerprint density at radius 2 is 1.21 bits per heavy atom. The van der Waals surface area contributed by atoms with Crippen LogP contribution in [0.2, 0.25) is 5.02 Å². The van der Waals surface area contributed by atoms with E-state index in [1.54, 1.807) is 12.1 Å². The van der Waals surface area contributed by atoms with Gasteiger partial charge in [0.1, 0.15) is 5.75 Å². The quantitative estimate of drug-likeness (QED) is 0.259. The van der Waals surface area contributed by atoms with Gasteiger partial charge in [-0.3, -0.25) is 4.79 Å². The maximum absolute atomic E-state index is 13.1. The van der Waals surface area contributed by atoms with Crippen LogP contribution in [0.4, 0.5) is 26.3 Å². The van der Waals surface area contributed by atoms with Gasteiger partial charge in [0.15, 0.2) is 0 Å². The number of hydrazone groups is 1. The summed E-state index contributed by atoms with van der Waals surface area (Å²) in [6, 6.07) is 12.3. The molecule has 172 valence electrons. The van der Waals surface area contributed by atoms with E-state index in [0.717, 1.165) is 0 Å². The van der Waals surface area contributed by atoms with Gasteiger partial charge in [0.05, 0.1) is 16.8 Å². The van der Waals surface area contributed by atoms with Gasteiger partial charge in [-0.25, -0.2) is 5.43 Å². The number of nitrogens with zero attached hydrogens (tertiary/aromatic N) is 1. The number of carbonyl (C=O) groups excluding carboxylic acids is 1. The first-order chi connectivity index (χ1) is 15.3. The van der Waals surface area contributed by atoms with Gasteiger partial charge in [-0.1, -0.05) is 23.7 Å². The number of amides is 1. The molecule has 0 aliphatic heterocycles. The minimum Gasteiger partial charge on any atom is -0.508 e. The van der Waals surface area contributed by atoms with Gasteiger partial charge in [0, 0.05) is 21.7 Å². The lowest BCUT2D eigenvalue weighted by atomic mass is 10.0. The highest BCUT2D eigenvalue weighted by molar-refractivity contribution is 6.30. The minimum atomic E-state index is -5.10. The molecule has 0 unspecified atom stereocenters. The van der Waals surface area contributed by atoms with Gasteiger partial charge >= 0.3 is 12.4 Å². The normalized spacial score (nSPS) is 12.5. The molecule has 4 nitrogen and oxygen atoms in total. The Morgan fingerprint density at radius 1 is 0.758 bits per heavy atom. The molecule has 3 aromatic carbocycles. The Morgan fingerprint density at radius 3 is 1.67 bits per heavy atom. The smallest absolute Gasteiger partial charge is 0.416 e. The number of hydrogen-bond acceptors (Lipinski definition) is 3. The third-order valence-corrected chi connectivity index (χ3v) is 4.63. The van der Waals surface area contributed by atoms with Crippen LogP contribution in [0, 0.1) is 0 Å². The van der Waals surface area contributed by atoms with E-state index in [9.17, 15) is 36.2 Å². The summed E-state index contributed by atoms with van der Waals surface area (Å²) in [5.41, 5.74) is -1.15. The monoisotopic (exact) mass is 486 g/mol. The Labute approximate surface area is 188 Å². The third-order valence-electron chi connectivity index (χ3n) is 4.38. The molecule has 0 saturated carbocycles. The molecule has 3 aromatic rings. The van der Waals surface area contributed by atoms with Crippen LogP contribution in [0.1, 0.15) is 32.6 Å². The molecule has 0 saturated heterocycles. The second kappa shape index (κ2) is 9.14. The molecule has 0 aromatic heterocycles. The molecule has 0 radical (unpaired) electrons. The van der Waals surface area contributed by atoms with E-state index in [-0.39, 0.29) is 17.5 Å². The van der Waals surface area contributed by atoms with Crippen LogP contribution < -0.4 is 5.43 Å². The maximum Gasteiger partial charge on any atom is 0.416 e. The lowest BCUT2D eigenvalue weighted by Gasteiger charge is -2.14. The van der Waals surface area contributed by atoms with E-state index in [2.05, 4.69) is 5.10 Å². The van der Waals surface area contributed by atoms with Crippen LogP contribution in [0.3, 0.4) is 0 Å². The van der Waals surface area contributed by atoms with Crippen LogP contribution >= 0.6 is 11.6 Å². The molecular weight excluding hydrogens is 474 g/mol. The predicted molar refractivity (Wildman–Crippen MR) is 109 cm³/mol. The number of benzene rings is 3. The van der Waals surface area contributed by atoms with Crippen LogP contribution in [0.5, 0.6) is 5.75 Å². The van der Waals surface area contributed by atoms with E-state index in [0.29, 0.717) is 28.3 Å². The Hall–Kier alpha value is -3.53. The first kappa shape index (κ1) is 24.1. The van der Waals surface area contributed by atoms with Gasteiger partial charge in [0.2, 0.25) is 0 Å². The van der Waals surface area contributed by atoms with Crippen LogP contribution in [-0.4, -0.2) is 16.7 Å². The SMILES string of the molecule is O=C(N/N=C(\c1ccc(O)cc1)c1ccc(Cl)cc1)c1cc(C(F)(F)F)cc(C(F)(F)F)c1. The number of rotatable bonds is 4. The molecule has 11 heteroatoms. The van der Waals surface area contributed by atoms with Gasteiger partial charge in [-0.2, -0.15) is 31.4 Å². The molecule has 0 heterocycles. The summed E-state index contributed by atoms with van der Waals surface area (Å²) >= 11 is 5.87. The first-order valence-electron chi connectivity index (χ1n) is 9.07. The van der Waals surface area contributed by atoms with E-state index in [1.807, 2.05) is 5.43 Å². The molecule has 1 amide bonds. The van der Waals surface area contributed by atoms with Gasteiger partial charge in [0.25, 0.3) is 5.91 Å². The highest BCUT2D eigenvalue weighted by Gasteiger charge is 2.37. The van der Waals surface area contributed by atoms with Crippen molar-refractivity contribution in [2.45, 2.75) is 12.4 Å². The topological polar surface area (TPSA) is 61.7 Å². The first-order valence-corrected chi connectivity index (χ1v) is 9.45. The molecule has 2 N–H and O–H groups in total. The zero-order valence-corrected chi connectivity index (χ0v) is 17.1. The zero-order chi connectivity index (χ0) is 24.4. The van der Waals surface area contributed by atoms with Crippen molar-refractivity contribution in [3.63, 3.8) is 0 Å². The highest BCUT2D eigenvalue weighted by Crippen LogP contribution is 2.36. The van der Waals surface area contributed by atoms with Crippen LogP contribution in [0.25, 0.3) is 0 Å². The van der Waals surface area contributed by atoms with Gasteiger partial charge in [-0.05, 0) is 54.6 Å². The van der Waals surface area contributed by atoms with Crippen molar-refractivity contribution in [2.24, 2.45) is 5.10 Å². The maximum atomic E-state index is 13.1. The molecule has 3 rings (SSSR count). The van der Waals surface area contributed by atoms with E-state index >= 15 is 0 Å². The lowest BCUT2D eigenvalue weighted by molar-refractivity contribution is -0.143. The van der Waals surface area contributed by atoms with Crippen molar-refractivity contribution in [1.29, 1.82) is 0 Å². The summed E-state index contributed by atoms with van der Waals surface area (Å²) < 4.78 is 78.4. The number of phenols is 1. The van der Waals surface area contributed by atoms with E-state index < -0.39 is 35.0 Å². The largest absolute Gasteiger partial charge is 0.508 e. The van der Waals surface area contributed by atoms with Crippen molar-refractivity contribution >= 4 is 23.2 Å². The van der Waals surface area contributed by atoms with Crippen molar-refractivity contribution in [1.82, 2.24) is 5.43 Å². The highest BCUT2D eigenvalue weighted by atomic mass is 35.5. The fourth-order valence-corrected chi connectivity index (χ4v) is 2.91. The average molecular weight is 487 g/mol. The Bertz CT molecular complexity index is 1110. The molecule has 33 heavy (non-hydrogen) atoms. The zero-order valence-electron chi connectivity index (χ0n) is 16.3. The number of halogens is 7. The van der Waals surface area contributed by atoms with Crippen molar-refractivity contribution in [3.8, 4) is 5.75 Å². The Balaban J connectivity index is 2.02. The summed E-state index contributed by atoms with van der Waals surface area (Å²) in [5.74, 6) is -1.33. The second-order valence-electron chi connectivity index (χ2n) is 6.75. The van der Waals surface area contributed by atoms with Gasteiger partial charge in [-0.15, -0.1) is 0 Å². The number of carbonyl (C=O) groups is 1. The molecule has 0 atom stereocenters. The average Bonchev–Trinajstić information content (AvgIpc) is 2.74.